The van der Waals surface area contributed by atoms with E-state index < -0.39 is 0 Å². The van der Waals surface area contributed by atoms with Gasteiger partial charge in [0.1, 0.15) is 12.4 Å². The van der Waals surface area contributed by atoms with Gasteiger partial charge in [0.05, 0.1) is 11.0 Å². The molecule has 1 heterocycles. The van der Waals surface area contributed by atoms with Gasteiger partial charge in [-0.15, -0.1) is 0 Å². The maximum atomic E-state index is 5.39. The molecule has 4 nitrogen and oxygen atoms in total. The van der Waals surface area contributed by atoms with Crippen molar-refractivity contribution in [3.63, 3.8) is 0 Å². The average molecular weight is 206 g/mol. The molecule has 1 aromatic carbocycles. The zero-order valence-electron chi connectivity index (χ0n) is 8.86. The van der Waals surface area contributed by atoms with E-state index in [1.54, 1.807) is 7.11 Å². The fraction of sp³-hybridized carbons (Fsp3) is 0.364. The van der Waals surface area contributed by atoms with E-state index in [1.807, 2.05) is 31.2 Å². The second-order valence-electron chi connectivity index (χ2n) is 3.31. The summed E-state index contributed by atoms with van der Waals surface area (Å²) in [6, 6.07) is 7.90. The normalized spacial score (nSPS) is 13.2. The molecule has 0 aliphatic rings. The Morgan fingerprint density at radius 3 is 2.93 bits per heavy atom. The number of ether oxygens (including phenoxy) is 2. The third-order valence-electron chi connectivity index (χ3n) is 2.23. The lowest BCUT2D eigenvalue weighted by Crippen LogP contribution is -2.10. The fourth-order valence-corrected chi connectivity index (χ4v) is 1.34. The van der Waals surface area contributed by atoms with E-state index in [0.29, 0.717) is 6.61 Å². The van der Waals surface area contributed by atoms with Gasteiger partial charge in [0.2, 0.25) is 0 Å². The smallest absolute Gasteiger partial charge is 0.155 e. The molecule has 1 unspecified atom stereocenters. The lowest BCUT2D eigenvalue weighted by atomic mass is 10.3. The van der Waals surface area contributed by atoms with Gasteiger partial charge in [-0.3, -0.25) is 0 Å². The molecule has 0 radical (unpaired) electrons. The number of nitrogens with zero attached hydrogens (tertiary/aromatic N) is 1. The molecule has 0 bridgehead atoms. The Labute approximate surface area is 88.2 Å². The van der Waals surface area contributed by atoms with Gasteiger partial charge in [0.15, 0.2) is 6.29 Å². The Hall–Kier alpha value is -1.39. The number of fused-ring (bicyclic) bond motifs is 1. The van der Waals surface area contributed by atoms with Gasteiger partial charge < -0.3 is 14.5 Å². The minimum atomic E-state index is -0.210. The molecule has 0 amide bonds. The molecule has 80 valence electrons. The van der Waals surface area contributed by atoms with Crippen molar-refractivity contribution in [1.82, 2.24) is 9.97 Å². The number of imidazole rings is 1. The summed E-state index contributed by atoms with van der Waals surface area (Å²) in [6.45, 7) is 2.28. The molecule has 0 spiro atoms. The lowest BCUT2D eigenvalue weighted by molar-refractivity contribution is -0.120. The third kappa shape index (κ3) is 2.34. The van der Waals surface area contributed by atoms with Crippen LogP contribution < -0.4 is 0 Å². The summed E-state index contributed by atoms with van der Waals surface area (Å²) in [4.78, 5) is 7.57. The highest BCUT2D eigenvalue weighted by atomic mass is 16.7. The first-order chi connectivity index (χ1) is 7.29. The van der Waals surface area contributed by atoms with Crippen LogP contribution in [-0.4, -0.2) is 23.4 Å². The van der Waals surface area contributed by atoms with E-state index >= 15 is 0 Å². The molecule has 1 aromatic heterocycles. The summed E-state index contributed by atoms with van der Waals surface area (Å²) in [5.74, 6) is 0.820. The molecule has 0 fully saturated rings. The first kappa shape index (κ1) is 10.1. The van der Waals surface area contributed by atoms with Crippen LogP contribution in [0.15, 0.2) is 24.3 Å². The number of H-pyrrole nitrogens is 1. The number of para-hydroxylation sites is 2. The average Bonchev–Trinajstić information content (AvgIpc) is 2.68. The van der Waals surface area contributed by atoms with Crippen LogP contribution in [0.1, 0.15) is 12.7 Å². The Morgan fingerprint density at radius 1 is 1.40 bits per heavy atom. The van der Waals surface area contributed by atoms with E-state index in [4.69, 9.17) is 9.47 Å². The predicted octanol–water partition coefficient (Wildman–Crippen LogP) is 2.07. The van der Waals surface area contributed by atoms with Crippen LogP contribution >= 0.6 is 0 Å². The molecule has 0 saturated heterocycles. The molecule has 2 aromatic rings. The summed E-state index contributed by atoms with van der Waals surface area (Å²) in [5.41, 5.74) is 1.99. The van der Waals surface area contributed by atoms with Crippen molar-refractivity contribution in [2.45, 2.75) is 19.8 Å². The molecule has 2 rings (SSSR count). The van der Waals surface area contributed by atoms with Crippen molar-refractivity contribution in [2.24, 2.45) is 0 Å². The van der Waals surface area contributed by atoms with Crippen LogP contribution in [0.3, 0.4) is 0 Å². The molecule has 1 atom stereocenters. The Balaban J connectivity index is 2.09. The monoisotopic (exact) mass is 206 g/mol. The Morgan fingerprint density at radius 2 is 2.20 bits per heavy atom. The van der Waals surface area contributed by atoms with E-state index in [1.165, 1.54) is 0 Å². The van der Waals surface area contributed by atoms with Gasteiger partial charge in [-0.1, -0.05) is 12.1 Å². The summed E-state index contributed by atoms with van der Waals surface area (Å²) in [7, 11) is 1.61. The van der Waals surface area contributed by atoms with Gasteiger partial charge in [-0.25, -0.2) is 4.98 Å². The standard InChI is InChI=1S/C11H14N2O2/c1-8(14-2)15-7-11-12-9-5-3-4-6-10(9)13-11/h3-6,8H,7H2,1-2H3,(H,12,13). The number of hydrogen-bond acceptors (Lipinski definition) is 3. The summed E-state index contributed by atoms with van der Waals surface area (Å²) < 4.78 is 10.4. The van der Waals surface area contributed by atoms with Crippen molar-refractivity contribution in [2.75, 3.05) is 7.11 Å². The quantitative estimate of drug-likeness (QED) is 0.779. The van der Waals surface area contributed by atoms with Gasteiger partial charge in [-0.2, -0.15) is 0 Å². The summed E-state index contributed by atoms with van der Waals surface area (Å²) in [5, 5.41) is 0. The Kier molecular flexibility index (Phi) is 2.99. The third-order valence-corrected chi connectivity index (χ3v) is 2.23. The molecule has 15 heavy (non-hydrogen) atoms. The topological polar surface area (TPSA) is 47.1 Å². The number of aromatic amines is 1. The van der Waals surface area contributed by atoms with Crippen molar-refractivity contribution in [3.8, 4) is 0 Å². The maximum Gasteiger partial charge on any atom is 0.155 e. The van der Waals surface area contributed by atoms with Gasteiger partial charge in [-0.05, 0) is 19.1 Å². The number of methoxy groups -OCH3 is 1. The maximum absolute atomic E-state index is 5.39. The molecular weight excluding hydrogens is 192 g/mol. The number of hydrogen-bond donors (Lipinski definition) is 1. The van der Waals surface area contributed by atoms with Crippen LogP contribution in [0.4, 0.5) is 0 Å². The van der Waals surface area contributed by atoms with E-state index in [2.05, 4.69) is 9.97 Å². The first-order valence-corrected chi connectivity index (χ1v) is 4.87. The summed E-state index contributed by atoms with van der Waals surface area (Å²) in [6.07, 6.45) is -0.210. The first-order valence-electron chi connectivity index (χ1n) is 4.87. The van der Waals surface area contributed by atoms with Crippen molar-refractivity contribution in [1.29, 1.82) is 0 Å². The van der Waals surface area contributed by atoms with E-state index in [0.717, 1.165) is 16.9 Å². The van der Waals surface area contributed by atoms with Crippen molar-refractivity contribution in [3.05, 3.63) is 30.1 Å². The molecule has 0 aliphatic carbocycles. The zero-order valence-corrected chi connectivity index (χ0v) is 8.86. The van der Waals surface area contributed by atoms with Crippen LogP contribution in [0.25, 0.3) is 11.0 Å². The van der Waals surface area contributed by atoms with E-state index in [-0.39, 0.29) is 6.29 Å². The fourth-order valence-electron chi connectivity index (χ4n) is 1.34. The summed E-state index contributed by atoms with van der Waals surface area (Å²) >= 11 is 0. The molecule has 0 aliphatic heterocycles. The molecule has 4 heteroatoms. The highest BCUT2D eigenvalue weighted by Crippen LogP contribution is 2.11. The SMILES string of the molecule is COC(C)OCc1nc2ccccc2[nH]1. The molecule has 1 N–H and O–H groups in total. The van der Waals surface area contributed by atoms with Crippen LogP contribution in [-0.2, 0) is 16.1 Å². The Bertz CT molecular complexity index is 406. The van der Waals surface area contributed by atoms with Crippen molar-refractivity contribution < 1.29 is 9.47 Å². The zero-order chi connectivity index (χ0) is 10.7. The number of rotatable bonds is 4. The highest BCUT2D eigenvalue weighted by Gasteiger charge is 2.04. The number of nitrogens with one attached hydrogen (secondary N) is 1. The lowest BCUT2D eigenvalue weighted by Gasteiger charge is -2.08. The minimum absolute atomic E-state index is 0.210. The van der Waals surface area contributed by atoms with E-state index in [9.17, 15) is 0 Å². The molecular formula is C11H14N2O2. The van der Waals surface area contributed by atoms with Crippen molar-refractivity contribution >= 4 is 11.0 Å². The van der Waals surface area contributed by atoms with Gasteiger partial charge >= 0.3 is 0 Å². The van der Waals surface area contributed by atoms with Crippen LogP contribution in [0.5, 0.6) is 0 Å². The largest absolute Gasteiger partial charge is 0.356 e. The number of aromatic nitrogens is 2. The highest BCUT2D eigenvalue weighted by molar-refractivity contribution is 5.74. The van der Waals surface area contributed by atoms with Gasteiger partial charge in [0.25, 0.3) is 0 Å². The van der Waals surface area contributed by atoms with Crippen LogP contribution in [0, 0.1) is 0 Å². The predicted molar refractivity (Wildman–Crippen MR) is 57.4 cm³/mol. The minimum Gasteiger partial charge on any atom is -0.356 e. The molecule has 0 saturated carbocycles. The second kappa shape index (κ2) is 4.42. The second-order valence-corrected chi connectivity index (χ2v) is 3.31. The number of benzene rings is 1. The van der Waals surface area contributed by atoms with Crippen LogP contribution in [0.2, 0.25) is 0 Å². The van der Waals surface area contributed by atoms with Gasteiger partial charge in [0, 0.05) is 7.11 Å².